The Morgan fingerprint density at radius 2 is 1.69 bits per heavy atom. The molecular weight excluding hydrogens is 500 g/mol. The van der Waals surface area contributed by atoms with E-state index in [4.69, 9.17) is 10.5 Å². The topological polar surface area (TPSA) is 151 Å². The van der Waals surface area contributed by atoms with Crippen molar-refractivity contribution in [3.63, 3.8) is 0 Å². The van der Waals surface area contributed by atoms with Crippen LogP contribution in [0.1, 0.15) is 61.9 Å². The summed E-state index contributed by atoms with van der Waals surface area (Å²) in [5.41, 5.74) is 8.20. The van der Waals surface area contributed by atoms with Gasteiger partial charge in [-0.15, -0.1) is 0 Å². The number of nitrogens with zero attached hydrogens (tertiary/aromatic N) is 1. The largest absolute Gasteiger partial charge is 0.444 e. The molecule has 212 valence electrons. The van der Waals surface area contributed by atoms with Crippen LogP contribution in [0.25, 0.3) is 0 Å². The van der Waals surface area contributed by atoms with Crippen LogP contribution in [0.5, 0.6) is 0 Å². The van der Waals surface area contributed by atoms with E-state index in [9.17, 15) is 24.3 Å². The maximum atomic E-state index is 14.0. The van der Waals surface area contributed by atoms with Crippen LogP contribution in [-0.2, 0) is 19.1 Å². The second-order valence-electron chi connectivity index (χ2n) is 10.5. The molecule has 0 heterocycles. The van der Waals surface area contributed by atoms with E-state index in [2.05, 4.69) is 10.6 Å². The smallest absolute Gasteiger partial charge is 0.408 e. The molecule has 10 heteroatoms. The molecule has 2 aromatic carbocycles. The molecular formula is C29H40N4O6. The highest BCUT2D eigenvalue weighted by Crippen LogP contribution is 2.28. The van der Waals surface area contributed by atoms with Crippen LogP contribution in [0.2, 0.25) is 0 Å². The number of benzene rings is 2. The molecule has 5 N–H and O–H groups in total. The third kappa shape index (κ3) is 9.40. The van der Waals surface area contributed by atoms with Crippen LogP contribution in [0.3, 0.4) is 0 Å². The van der Waals surface area contributed by atoms with E-state index in [1.165, 1.54) is 4.90 Å². The number of primary amides is 1. The highest BCUT2D eigenvalue weighted by atomic mass is 16.6. The Morgan fingerprint density at radius 3 is 2.26 bits per heavy atom. The second-order valence-corrected chi connectivity index (χ2v) is 10.5. The molecule has 4 amide bonds. The number of aliphatic hydroxyl groups is 1. The summed E-state index contributed by atoms with van der Waals surface area (Å²) in [5.74, 6) is -1.82. The first-order valence-corrected chi connectivity index (χ1v) is 12.9. The van der Waals surface area contributed by atoms with Crippen molar-refractivity contribution in [2.24, 2.45) is 5.73 Å². The predicted molar refractivity (Wildman–Crippen MR) is 149 cm³/mol. The Labute approximate surface area is 229 Å². The summed E-state index contributed by atoms with van der Waals surface area (Å²) in [7, 11) is 0. The number of rotatable bonds is 11. The zero-order valence-electron chi connectivity index (χ0n) is 23.5. The summed E-state index contributed by atoms with van der Waals surface area (Å²) in [5, 5.41) is 15.4. The molecule has 39 heavy (non-hydrogen) atoms. The first-order valence-electron chi connectivity index (χ1n) is 12.9. The number of carbonyl (C=O) groups is 4. The van der Waals surface area contributed by atoms with E-state index in [-0.39, 0.29) is 19.4 Å². The van der Waals surface area contributed by atoms with Gasteiger partial charge in [0, 0.05) is 18.7 Å². The fourth-order valence-electron chi connectivity index (χ4n) is 4.17. The van der Waals surface area contributed by atoms with Crippen molar-refractivity contribution >= 4 is 29.5 Å². The molecule has 0 bridgehead atoms. The molecule has 0 saturated heterocycles. The monoisotopic (exact) mass is 540 g/mol. The number of nitrogens with two attached hydrogens (primary N) is 1. The van der Waals surface area contributed by atoms with E-state index in [0.717, 1.165) is 16.7 Å². The van der Waals surface area contributed by atoms with Gasteiger partial charge in [-0.2, -0.15) is 0 Å². The van der Waals surface area contributed by atoms with E-state index in [0.29, 0.717) is 11.3 Å². The van der Waals surface area contributed by atoms with Crippen LogP contribution in [0.4, 0.5) is 10.5 Å². The quantitative estimate of drug-likeness (QED) is 0.343. The van der Waals surface area contributed by atoms with Gasteiger partial charge in [0.25, 0.3) is 5.91 Å². The van der Waals surface area contributed by atoms with Crippen LogP contribution in [0, 0.1) is 20.8 Å². The number of hydrogen-bond donors (Lipinski definition) is 4. The summed E-state index contributed by atoms with van der Waals surface area (Å²) >= 11 is 0. The Morgan fingerprint density at radius 1 is 1.03 bits per heavy atom. The molecule has 0 spiro atoms. The summed E-state index contributed by atoms with van der Waals surface area (Å²) < 4.78 is 5.32. The van der Waals surface area contributed by atoms with Crippen molar-refractivity contribution in [3.05, 3.63) is 64.7 Å². The van der Waals surface area contributed by atoms with E-state index in [1.807, 2.05) is 45.0 Å². The normalized spacial score (nSPS) is 12.7. The van der Waals surface area contributed by atoms with E-state index in [1.54, 1.807) is 39.0 Å². The lowest BCUT2D eigenvalue weighted by atomic mass is 9.96. The number of carbonyl (C=O) groups excluding carboxylic acids is 4. The average Bonchev–Trinajstić information content (AvgIpc) is 2.82. The number of aryl methyl sites for hydroxylation is 3. The zero-order valence-corrected chi connectivity index (χ0v) is 23.5. The van der Waals surface area contributed by atoms with Crippen molar-refractivity contribution in [2.75, 3.05) is 18.5 Å². The van der Waals surface area contributed by atoms with Gasteiger partial charge in [-0.05, 0) is 70.7 Å². The minimum absolute atomic E-state index is 0.117. The SMILES string of the molecule is Cc1ccc(C(C(=O)Nc2ccccc2C)N(CCO)C(=O)C(CCC(N)=O)NC(=O)OC(C)(C)C)c(C)c1. The van der Waals surface area contributed by atoms with E-state index < -0.39 is 48.1 Å². The summed E-state index contributed by atoms with van der Waals surface area (Å²) in [6, 6.07) is 10.4. The molecule has 10 nitrogen and oxygen atoms in total. The lowest BCUT2D eigenvalue weighted by molar-refractivity contribution is -0.141. The second kappa shape index (κ2) is 13.7. The van der Waals surface area contributed by atoms with Gasteiger partial charge in [-0.25, -0.2) is 4.79 Å². The van der Waals surface area contributed by atoms with Crippen molar-refractivity contribution in [1.29, 1.82) is 0 Å². The lowest BCUT2D eigenvalue weighted by Crippen LogP contribution is -2.53. The van der Waals surface area contributed by atoms with Crippen LogP contribution in [0.15, 0.2) is 42.5 Å². The molecule has 0 aliphatic carbocycles. The number of nitrogens with one attached hydrogen (secondary N) is 2. The standard InChI is InChI=1S/C29H40N4O6/c1-18-11-12-21(20(3)17-18)25(26(36)31-22-10-8-7-9-19(22)2)33(15-16-34)27(37)23(13-14-24(30)35)32-28(38)39-29(4,5)6/h7-12,17,23,25,34H,13-16H2,1-6H3,(H2,30,35)(H,31,36)(H,32,38). The minimum atomic E-state index is -1.24. The average molecular weight is 541 g/mol. The van der Waals surface area contributed by atoms with Crippen molar-refractivity contribution < 1.29 is 29.0 Å². The molecule has 2 unspecified atom stereocenters. The van der Waals surface area contributed by atoms with Crippen LogP contribution in [-0.4, -0.2) is 58.6 Å². The number of hydrogen-bond acceptors (Lipinski definition) is 6. The third-order valence-corrected chi connectivity index (χ3v) is 5.98. The van der Waals surface area contributed by atoms with Crippen molar-refractivity contribution in [2.45, 2.75) is 72.1 Å². The molecule has 0 aliphatic heterocycles. The third-order valence-electron chi connectivity index (χ3n) is 5.98. The van der Waals surface area contributed by atoms with Crippen LogP contribution >= 0.6 is 0 Å². The van der Waals surface area contributed by atoms with Gasteiger partial charge in [-0.1, -0.05) is 42.0 Å². The van der Waals surface area contributed by atoms with Gasteiger partial charge >= 0.3 is 6.09 Å². The Hall–Kier alpha value is -3.92. The van der Waals surface area contributed by atoms with Gasteiger partial charge in [-0.3, -0.25) is 14.4 Å². The maximum absolute atomic E-state index is 14.0. The van der Waals surface area contributed by atoms with E-state index >= 15 is 0 Å². The van der Waals surface area contributed by atoms with Gasteiger partial charge in [0.05, 0.1) is 6.61 Å². The highest BCUT2D eigenvalue weighted by molar-refractivity contribution is 5.99. The number of anilines is 1. The molecule has 2 atom stereocenters. The molecule has 2 rings (SSSR count). The zero-order chi connectivity index (χ0) is 29.3. The lowest BCUT2D eigenvalue weighted by Gasteiger charge is -2.35. The summed E-state index contributed by atoms with van der Waals surface area (Å²) in [6.07, 6.45) is -1.17. The predicted octanol–water partition coefficient (Wildman–Crippen LogP) is 3.27. The molecule has 0 fully saturated rings. The fourth-order valence-corrected chi connectivity index (χ4v) is 4.17. The van der Waals surface area contributed by atoms with Gasteiger partial charge in [0.1, 0.15) is 17.7 Å². The molecule has 0 aromatic heterocycles. The number of alkyl carbamates (subject to hydrolysis) is 1. The number of ether oxygens (including phenoxy) is 1. The Balaban J connectivity index is 2.56. The first kappa shape index (κ1) is 31.3. The molecule has 0 saturated carbocycles. The van der Waals surface area contributed by atoms with Crippen molar-refractivity contribution in [3.8, 4) is 0 Å². The van der Waals surface area contributed by atoms with Gasteiger partial charge in [0.2, 0.25) is 11.8 Å². The van der Waals surface area contributed by atoms with Gasteiger partial charge < -0.3 is 31.1 Å². The molecule has 2 aromatic rings. The van der Waals surface area contributed by atoms with Crippen molar-refractivity contribution in [1.82, 2.24) is 10.2 Å². The number of amides is 4. The maximum Gasteiger partial charge on any atom is 0.408 e. The van der Waals surface area contributed by atoms with Gasteiger partial charge in [0.15, 0.2) is 0 Å². The molecule has 0 radical (unpaired) electrons. The number of aliphatic hydroxyl groups excluding tert-OH is 1. The molecule has 0 aliphatic rings. The summed E-state index contributed by atoms with van der Waals surface area (Å²) in [6.45, 7) is 9.98. The number of para-hydroxylation sites is 1. The Kier molecular flexibility index (Phi) is 11.0. The summed E-state index contributed by atoms with van der Waals surface area (Å²) in [4.78, 5) is 53.2. The first-order chi connectivity index (χ1) is 18.2. The fraction of sp³-hybridized carbons (Fsp3) is 0.448. The minimum Gasteiger partial charge on any atom is -0.444 e. The van der Waals surface area contributed by atoms with Crippen LogP contribution < -0.4 is 16.4 Å². The Bertz CT molecular complexity index is 1190. The highest BCUT2D eigenvalue weighted by Gasteiger charge is 2.37.